The number of thioether (sulfide) groups is 1. The Morgan fingerprint density at radius 1 is 1.25 bits per heavy atom. The fraction of sp³-hybridized carbons (Fsp3) is 0.722. The molecule has 0 atom stereocenters. The van der Waals surface area contributed by atoms with Crippen molar-refractivity contribution in [3.63, 3.8) is 0 Å². The number of nitrogens with zero attached hydrogens (tertiary/aromatic N) is 2. The first-order valence-corrected chi connectivity index (χ1v) is 11.2. The van der Waals surface area contributed by atoms with E-state index in [1.165, 1.54) is 55.2 Å². The lowest BCUT2D eigenvalue weighted by molar-refractivity contribution is 0.107. The van der Waals surface area contributed by atoms with Crippen molar-refractivity contribution in [1.82, 2.24) is 15.5 Å². The summed E-state index contributed by atoms with van der Waals surface area (Å²) in [6, 6.07) is 4.25. The molecule has 0 bridgehead atoms. The largest absolute Gasteiger partial charge is 0.357 e. The molecule has 0 unspecified atom stereocenters. The van der Waals surface area contributed by atoms with Crippen molar-refractivity contribution in [2.45, 2.75) is 44.7 Å². The maximum Gasteiger partial charge on any atom is 0.191 e. The van der Waals surface area contributed by atoms with Gasteiger partial charge >= 0.3 is 0 Å². The lowest BCUT2D eigenvalue weighted by Crippen LogP contribution is -2.57. The molecule has 2 N–H and O–H groups in total. The zero-order valence-corrected chi connectivity index (χ0v) is 16.4. The highest BCUT2D eigenvalue weighted by Gasteiger charge is 2.39. The molecule has 2 fully saturated rings. The molecular weight excluding hydrogens is 336 g/mol. The fourth-order valence-corrected chi connectivity index (χ4v) is 5.36. The van der Waals surface area contributed by atoms with Crippen molar-refractivity contribution >= 4 is 29.1 Å². The van der Waals surface area contributed by atoms with Crippen molar-refractivity contribution < 1.29 is 0 Å². The van der Waals surface area contributed by atoms with Gasteiger partial charge < -0.3 is 10.6 Å². The van der Waals surface area contributed by atoms with Crippen LogP contribution in [0, 0.1) is 0 Å². The van der Waals surface area contributed by atoms with Crippen LogP contribution in [-0.2, 0) is 6.54 Å². The molecule has 24 heavy (non-hydrogen) atoms. The van der Waals surface area contributed by atoms with E-state index in [-0.39, 0.29) is 0 Å². The number of hydrogen-bond donors (Lipinski definition) is 2. The van der Waals surface area contributed by atoms with E-state index < -0.39 is 0 Å². The van der Waals surface area contributed by atoms with Gasteiger partial charge in [-0.2, -0.15) is 11.8 Å². The molecule has 134 valence electrons. The molecule has 1 saturated carbocycles. The fourth-order valence-electron chi connectivity index (χ4n) is 3.83. The molecule has 1 aromatic rings. The molecule has 0 spiro atoms. The molecule has 6 heteroatoms. The van der Waals surface area contributed by atoms with Gasteiger partial charge in [0, 0.05) is 48.1 Å². The van der Waals surface area contributed by atoms with Gasteiger partial charge in [0.1, 0.15) is 0 Å². The van der Waals surface area contributed by atoms with Crippen LogP contribution in [0.25, 0.3) is 0 Å². The summed E-state index contributed by atoms with van der Waals surface area (Å²) in [4.78, 5) is 8.85. The predicted octanol–water partition coefficient (Wildman–Crippen LogP) is 3.16. The summed E-state index contributed by atoms with van der Waals surface area (Å²) >= 11 is 3.87. The van der Waals surface area contributed by atoms with Gasteiger partial charge in [-0.3, -0.25) is 4.90 Å². The number of aliphatic imine (C=N–C) groups is 1. The van der Waals surface area contributed by atoms with Crippen LogP contribution >= 0.6 is 23.1 Å². The van der Waals surface area contributed by atoms with Crippen molar-refractivity contribution in [1.29, 1.82) is 0 Å². The Kier molecular flexibility index (Phi) is 6.86. The SMILES string of the molecule is CCNC(=NCc1cccs1)NCC1(N2CCSCC2)CCCC1. The van der Waals surface area contributed by atoms with Gasteiger partial charge in [-0.15, -0.1) is 11.3 Å². The van der Waals surface area contributed by atoms with E-state index in [2.05, 4.69) is 51.7 Å². The molecule has 0 aromatic carbocycles. The highest BCUT2D eigenvalue weighted by atomic mass is 32.2. The zero-order valence-electron chi connectivity index (χ0n) is 14.7. The van der Waals surface area contributed by atoms with Crippen molar-refractivity contribution in [2.75, 3.05) is 37.7 Å². The number of guanidine groups is 1. The third-order valence-corrected chi connectivity index (χ3v) is 6.92. The minimum absolute atomic E-state index is 0.347. The average molecular weight is 367 g/mol. The van der Waals surface area contributed by atoms with Crippen LogP contribution in [0.3, 0.4) is 0 Å². The Bertz CT molecular complexity index is 503. The summed E-state index contributed by atoms with van der Waals surface area (Å²) in [7, 11) is 0. The second-order valence-corrected chi connectivity index (χ2v) is 8.92. The van der Waals surface area contributed by atoms with E-state index in [9.17, 15) is 0 Å². The summed E-state index contributed by atoms with van der Waals surface area (Å²) in [5.74, 6) is 3.53. The molecule has 1 aromatic heterocycles. The van der Waals surface area contributed by atoms with E-state index in [4.69, 9.17) is 4.99 Å². The van der Waals surface area contributed by atoms with E-state index in [0.717, 1.165) is 25.6 Å². The van der Waals surface area contributed by atoms with Crippen molar-refractivity contribution in [2.24, 2.45) is 4.99 Å². The predicted molar refractivity (Wildman–Crippen MR) is 107 cm³/mol. The highest BCUT2D eigenvalue weighted by molar-refractivity contribution is 7.99. The summed E-state index contributed by atoms with van der Waals surface area (Å²) in [5, 5.41) is 9.19. The lowest BCUT2D eigenvalue weighted by Gasteiger charge is -2.43. The summed E-state index contributed by atoms with van der Waals surface area (Å²) in [5.41, 5.74) is 0.347. The smallest absolute Gasteiger partial charge is 0.191 e. The van der Waals surface area contributed by atoms with E-state index >= 15 is 0 Å². The van der Waals surface area contributed by atoms with Crippen LogP contribution < -0.4 is 10.6 Å². The summed E-state index contributed by atoms with van der Waals surface area (Å²) < 4.78 is 0. The lowest BCUT2D eigenvalue weighted by atomic mass is 9.94. The Balaban J connectivity index is 1.61. The van der Waals surface area contributed by atoms with Crippen molar-refractivity contribution in [3.05, 3.63) is 22.4 Å². The standard InChI is InChI=1S/C18H30N4S2/c1-2-19-17(20-14-16-6-5-11-24-16)21-15-18(7-3-4-8-18)22-9-12-23-13-10-22/h5-6,11H,2-4,7-10,12-15H2,1H3,(H2,19,20,21). The van der Waals surface area contributed by atoms with Crippen LogP contribution in [0.4, 0.5) is 0 Å². The molecule has 0 radical (unpaired) electrons. The first-order valence-electron chi connectivity index (χ1n) is 9.20. The monoisotopic (exact) mass is 366 g/mol. The second-order valence-electron chi connectivity index (χ2n) is 6.66. The molecule has 1 aliphatic carbocycles. The van der Waals surface area contributed by atoms with Crippen LogP contribution in [0.15, 0.2) is 22.5 Å². The van der Waals surface area contributed by atoms with Gasteiger partial charge in [0.05, 0.1) is 6.54 Å². The Morgan fingerprint density at radius 2 is 2.04 bits per heavy atom. The van der Waals surface area contributed by atoms with E-state index in [1.54, 1.807) is 11.3 Å². The quantitative estimate of drug-likeness (QED) is 0.599. The number of nitrogens with one attached hydrogen (secondary N) is 2. The molecule has 1 saturated heterocycles. The average Bonchev–Trinajstić information content (AvgIpc) is 3.31. The van der Waals surface area contributed by atoms with E-state index in [1.807, 2.05) is 0 Å². The van der Waals surface area contributed by atoms with Crippen LogP contribution in [0.2, 0.25) is 0 Å². The van der Waals surface area contributed by atoms with Crippen molar-refractivity contribution in [3.8, 4) is 0 Å². The molecule has 2 aliphatic rings. The number of rotatable bonds is 6. The zero-order chi connectivity index (χ0) is 16.7. The molecule has 3 rings (SSSR count). The Hall–Kier alpha value is -0.720. The second kappa shape index (κ2) is 9.11. The van der Waals surface area contributed by atoms with Gasteiger partial charge in [0.25, 0.3) is 0 Å². The van der Waals surface area contributed by atoms with E-state index in [0.29, 0.717) is 5.54 Å². The minimum atomic E-state index is 0.347. The summed E-state index contributed by atoms with van der Waals surface area (Å²) in [6.45, 7) is 7.32. The molecule has 1 aliphatic heterocycles. The number of thiophene rings is 1. The van der Waals surface area contributed by atoms with Gasteiger partial charge in [-0.1, -0.05) is 18.9 Å². The normalized spacial score (nSPS) is 21.8. The van der Waals surface area contributed by atoms with Gasteiger partial charge in [-0.05, 0) is 31.2 Å². The molecule has 2 heterocycles. The molecule has 0 amide bonds. The van der Waals surface area contributed by atoms with Crippen LogP contribution in [-0.4, -0.2) is 54.1 Å². The first-order chi connectivity index (χ1) is 11.8. The Labute approximate surface area is 154 Å². The number of hydrogen-bond acceptors (Lipinski definition) is 4. The Morgan fingerprint density at radius 3 is 2.71 bits per heavy atom. The topological polar surface area (TPSA) is 39.7 Å². The van der Waals surface area contributed by atoms with Gasteiger partial charge in [-0.25, -0.2) is 4.99 Å². The van der Waals surface area contributed by atoms with Gasteiger partial charge in [0.2, 0.25) is 0 Å². The highest BCUT2D eigenvalue weighted by Crippen LogP contribution is 2.36. The molecule has 4 nitrogen and oxygen atoms in total. The minimum Gasteiger partial charge on any atom is -0.357 e. The summed E-state index contributed by atoms with van der Waals surface area (Å²) in [6.07, 6.45) is 5.40. The third kappa shape index (κ3) is 4.67. The van der Waals surface area contributed by atoms with Crippen LogP contribution in [0.1, 0.15) is 37.5 Å². The molecular formula is C18H30N4S2. The first kappa shape index (κ1) is 18.1. The maximum absolute atomic E-state index is 4.78. The third-order valence-electron chi connectivity index (χ3n) is 5.12. The van der Waals surface area contributed by atoms with Gasteiger partial charge in [0.15, 0.2) is 5.96 Å². The van der Waals surface area contributed by atoms with Crippen LogP contribution in [0.5, 0.6) is 0 Å². The maximum atomic E-state index is 4.78.